The van der Waals surface area contributed by atoms with Crippen molar-refractivity contribution >= 4 is 15.8 Å². The van der Waals surface area contributed by atoms with E-state index in [0.717, 1.165) is 5.69 Å². The van der Waals surface area contributed by atoms with Gasteiger partial charge < -0.3 is 0 Å². The number of hydrogen-bond donors (Lipinski definition) is 1. The molecule has 3 rings (SSSR count). The summed E-state index contributed by atoms with van der Waals surface area (Å²) in [4.78, 5) is 3.90. The number of nitriles is 1. The second-order valence-electron chi connectivity index (χ2n) is 4.60. The fourth-order valence-corrected chi connectivity index (χ4v) is 2.85. The predicted molar refractivity (Wildman–Crippen MR) is 83.3 cm³/mol. The van der Waals surface area contributed by atoms with Crippen LogP contribution in [0.1, 0.15) is 5.56 Å². The van der Waals surface area contributed by atoms with Crippen molar-refractivity contribution < 1.29 is 8.42 Å². The maximum absolute atomic E-state index is 12.4. The molecule has 0 unspecified atom stereocenters. The first-order chi connectivity index (χ1) is 11.1. The summed E-state index contributed by atoms with van der Waals surface area (Å²) in [6.07, 6.45) is 4.03. The molecule has 0 spiro atoms. The lowest BCUT2D eigenvalue weighted by molar-refractivity contribution is 0.601. The maximum Gasteiger partial charge on any atom is 0.266 e. The number of anilines is 1. The molecule has 1 N–H and O–H groups in total. The van der Waals surface area contributed by atoms with Crippen molar-refractivity contribution in [2.75, 3.05) is 4.72 Å². The van der Waals surface area contributed by atoms with E-state index < -0.39 is 10.0 Å². The number of sulfonamides is 1. The van der Waals surface area contributed by atoms with E-state index >= 15 is 0 Å². The number of aromatic nitrogens is 3. The summed E-state index contributed by atoms with van der Waals surface area (Å²) < 4.78 is 28.5. The van der Waals surface area contributed by atoms with Gasteiger partial charge in [0, 0.05) is 6.20 Å². The van der Waals surface area contributed by atoms with E-state index in [1.54, 1.807) is 0 Å². The number of para-hydroxylation sites is 1. The van der Waals surface area contributed by atoms with Gasteiger partial charge in [-0.3, -0.25) is 4.72 Å². The first kappa shape index (κ1) is 14.7. The molecule has 7 nitrogen and oxygen atoms in total. The molecule has 0 atom stereocenters. The van der Waals surface area contributed by atoms with Crippen LogP contribution < -0.4 is 4.72 Å². The van der Waals surface area contributed by atoms with Gasteiger partial charge in [0.05, 0.1) is 29.7 Å². The van der Waals surface area contributed by atoms with Gasteiger partial charge in [0.2, 0.25) is 0 Å². The summed E-state index contributed by atoms with van der Waals surface area (Å²) in [6.45, 7) is 0. The number of rotatable bonds is 4. The molecule has 0 aliphatic rings. The number of pyridine rings is 1. The van der Waals surface area contributed by atoms with Crippen molar-refractivity contribution in [3.05, 3.63) is 66.6 Å². The van der Waals surface area contributed by atoms with Crippen LogP contribution in [-0.2, 0) is 10.0 Å². The van der Waals surface area contributed by atoms with Gasteiger partial charge in [0.15, 0.2) is 0 Å². The minimum Gasteiger partial charge on any atom is -0.263 e. The minimum absolute atomic E-state index is 0.00511. The fourth-order valence-electron chi connectivity index (χ4n) is 1.92. The zero-order valence-corrected chi connectivity index (χ0v) is 12.6. The molecule has 1 aromatic carbocycles. The van der Waals surface area contributed by atoms with E-state index in [1.807, 2.05) is 36.4 Å². The monoisotopic (exact) mass is 325 g/mol. The van der Waals surface area contributed by atoms with Gasteiger partial charge >= 0.3 is 0 Å². The standard InChI is InChI=1S/C15H11N5O2S/c16-9-12-6-7-17-15(8-12)19-23(21,22)14-10-18-20(11-14)13-4-2-1-3-5-13/h1-8,10-11H,(H,17,19). The average Bonchev–Trinajstić information content (AvgIpc) is 3.06. The Hall–Kier alpha value is -3.18. The first-order valence-corrected chi connectivity index (χ1v) is 8.06. The Morgan fingerprint density at radius 3 is 2.70 bits per heavy atom. The molecule has 8 heteroatoms. The summed E-state index contributed by atoms with van der Waals surface area (Å²) in [5, 5.41) is 12.9. The highest BCUT2D eigenvalue weighted by atomic mass is 32.2. The molecular weight excluding hydrogens is 314 g/mol. The van der Waals surface area contributed by atoms with Crippen LogP contribution in [-0.4, -0.2) is 23.2 Å². The third kappa shape index (κ3) is 3.20. The molecule has 0 aliphatic carbocycles. The lowest BCUT2D eigenvalue weighted by atomic mass is 10.3. The van der Waals surface area contributed by atoms with E-state index in [-0.39, 0.29) is 10.7 Å². The van der Waals surface area contributed by atoms with E-state index in [9.17, 15) is 8.42 Å². The Bertz CT molecular complexity index is 974. The van der Waals surface area contributed by atoms with Gasteiger partial charge in [-0.25, -0.2) is 18.1 Å². The number of hydrogen-bond acceptors (Lipinski definition) is 5. The summed E-state index contributed by atoms with van der Waals surface area (Å²) in [7, 11) is -3.83. The third-order valence-corrected chi connectivity index (χ3v) is 4.33. The summed E-state index contributed by atoms with van der Waals surface area (Å²) in [5.41, 5.74) is 1.07. The molecule has 0 saturated carbocycles. The Labute approximate surface area is 132 Å². The number of nitrogens with one attached hydrogen (secondary N) is 1. The van der Waals surface area contributed by atoms with Gasteiger partial charge in [0.1, 0.15) is 10.7 Å². The van der Waals surface area contributed by atoms with E-state index in [0.29, 0.717) is 5.56 Å². The third-order valence-electron chi connectivity index (χ3n) is 3.02. The maximum atomic E-state index is 12.4. The molecule has 23 heavy (non-hydrogen) atoms. The van der Waals surface area contributed by atoms with Crippen LogP contribution in [0.3, 0.4) is 0 Å². The predicted octanol–water partition coefficient (Wildman–Crippen LogP) is 1.94. The Morgan fingerprint density at radius 1 is 1.17 bits per heavy atom. The normalized spacial score (nSPS) is 10.9. The van der Waals surface area contributed by atoms with E-state index in [2.05, 4.69) is 14.8 Å². The molecule has 0 radical (unpaired) electrons. The second kappa shape index (κ2) is 5.90. The number of benzene rings is 1. The summed E-state index contributed by atoms with van der Waals surface area (Å²) >= 11 is 0. The SMILES string of the molecule is N#Cc1ccnc(NS(=O)(=O)c2cnn(-c3ccccc3)c2)c1. The minimum atomic E-state index is -3.83. The molecule has 0 fully saturated rings. The van der Waals surface area contributed by atoms with Crippen LogP contribution in [0, 0.1) is 11.3 Å². The van der Waals surface area contributed by atoms with Gasteiger partial charge in [-0.2, -0.15) is 10.4 Å². The largest absolute Gasteiger partial charge is 0.266 e. The molecule has 114 valence electrons. The Kier molecular flexibility index (Phi) is 3.78. The van der Waals surface area contributed by atoms with Crippen LogP contribution in [0.5, 0.6) is 0 Å². The van der Waals surface area contributed by atoms with Crippen LogP contribution in [0.2, 0.25) is 0 Å². The van der Waals surface area contributed by atoms with Gasteiger partial charge in [-0.15, -0.1) is 0 Å². The summed E-state index contributed by atoms with van der Waals surface area (Å²) in [5.74, 6) is 0.0801. The molecule has 2 aromatic heterocycles. The number of nitrogens with zero attached hydrogens (tertiary/aromatic N) is 4. The quantitative estimate of drug-likeness (QED) is 0.790. The summed E-state index contributed by atoms with van der Waals surface area (Å²) in [6, 6.07) is 13.9. The van der Waals surface area contributed by atoms with Crippen molar-refractivity contribution in [3.63, 3.8) is 0 Å². The zero-order chi connectivity index (χ0) is 16.3. The molecular formula is C15H11N5O2S. The van der Waals surface area contributed by atoms with Crippen molar-refractivity contribution in [3.8, 4) is 11.8 Å². The fraction of sp³-hybridized carbons (Fsp3) is 0. The van der Waals surface area contributed by atoms with E-state index in [1.165, 1.54) is 35.4 Å². The molecule has 3 aromatic rings. The molecule has 0 saturated heterocycles. The second-order valence-corrected chi connectivity index (χ2v) is 6.29. The highest BCUT2D eigenvalue weighted by Gasteiger charge is 2.17. The molecule has 0 amide bonds. The smallest absolute Gasteiger partial charge is 0.263 e. The Balaban J connectivity index is 1.89. The topological polar surface area (TPSA) is 101 Å². The molecule has 0 aliphatic heterocycles. The van der Waals surface area contributed by atoms with Crippen molar-refractivity contribution in [2.24, 2.45) is 0 Å². The lowest BCUT2D eigenvalue weighted by Gasteiger charge is -2.05. The van der Waals surface area contributed by atoms with Crippen molar-refractivity contribution in [1.82, 2.24) is 14.8 Å². The van der Waals surface area contributed by atoms with Crippen LogP contribution in [0.25, 0.3) is 5.69 Å². The molecule has 2 heterocycles. The highest BCUT2D eigenvalue weighted by molar-refractivity contribution is 7.92. The van der Waals surface area contributed by atoms with Crippen LogP contribution in [0.4, 0.5) is 5.82 Å². The first-order valence-electron chi connectivity index (χ1n) is 6.57. The highest BCUT2D eigenvalue weighted by Crippen LogP contribution is 2.16. The van der Waals surface area contributed by atoms with Crippen molar-refractivity contribution in [1.29, 1.82) is 5.26 Å². The van der Waals surface area contributed by atoms with Crippen LogP contribution >= 0.6 is 0 Å². The van der Waals surface area contributed by atoms with Gasteiger partial charge in [-0.05, 0) is 24.3 Å². The average molecular weight is 325 g/mol. The van der Waals surface area contributed by atoms with Crippen LogP contribution in [0.15, 0.2) is 66.0 Å². The van der Waals surface area contributed by atoms with Gasteiger partial charge in [0.25, 0.3) is 10.0 Å². The zero-order valence-electron chi connectivity index (χ0n) is 11.8. The molecule has 0 bridgehead atoms. The van der Waals surface area contributed by atoms with Gasteiger partial charge in [-0.1, -0.05) is 18.2 Å². The lowest BCUT2D eigenvalue weighted by Crippen LogP contribution is -2.13. The van der Waals surface area contributed by atoms with Crippen molar-refractivity contribution in [2.45, 2.75) is 4.90 Å². The van der Waals surface area contributed by atoms with E-state index in [4.69, 9.17) is 5.26 Å². The Morgan fingerprint density at radius 2 is 1.96 bits per heavy atom.